The second-order valence-corrected chi connectivity index (χ2v) is 6.58. The van der Waals surface area contributed by atoms with Gasteiger partial charge in [-0.3, -0.25) is 9.59 Å². The van der Waals surface area contributed by atoms with Crippen LogP contribution in [0.25, 0.3) is 0 Å². The predicted octanol–water partition coefficient (Wildman–Crippen LogP) is 2.61. The lowest BCUT2D eigenvalue weighted by atomic mass is 10.2. The van der Waals surface area contributed by atoms with Gasteiger partial charge in [0.25, 0.3) is 5.91 Å². The summed E-state index contributed by atoms with van der Waals surface area (Å²) in [6.45, 7) is 4.43. The van der Waals surface area contributed by atoms with Gasteiger partial charge in [0.2, 0.25) is 5.91 Å². The van der Waals surface area contributed by atoms with Gasteiger partial charge in [-0.05, 0) is 37.5 Å². The van der Waals surface area contributed by atoms with Crippen molar-refractivity contribution in [1.82, 2.24) is 15.5 Å². The van der Waals surface area contributed by atoms with E-state index in [-0.39, 0.29) is 29.8 Å². The zero-order valence-corrected chi connectivity index (χ0v) is 15.7. The first-order valence-corrected chi connectivity index (χ1v) is 9.29. The van der Waals surface area contributed by atoms with Crippen molar-refractivity contribution in [3.63, 3.8) is 0 Å². The van der Waals surface area contributed by atoms with Crippen molar-refractivity contribution in [2.45, 2.75) is 32.6 Å². The molecular formula is C18H25ClN4O3. The summed E-state index contributed by atoms with van der Waals surface area (Å²) in [5.74, 6) is -0.179. The number of nitrogens with zero attached hydrogens (tertiary/aromatic N) is 1. The molecule has 0 radical (unpaired) electrons. The summed E-state index contributed by atoms with van der Waals surface area (Å²) in [4.78, 5) is 37.6. The Labute approximate surface area is 158 Å². The molecule has 3 N–H and O–H groups in total. The summed E-state index contributed by atoms with van der Waals surface area (Å²) in [7, 11) is 0. The second-order valence-electron chi connectivity index (χ2n) is 6.17. The number of anilines is 1. The zero-order valence-electron chi connectivity index (χ0n) is 14.9. The van der Waals surface area contributed by atoms with Crippen LogP contribution in [-0.2, 0) is 4.79 Å². The lowest BCUT2D eigenvalue weighted by Gasteiger charge is -2.15. The fraction of sp³-hybridized carbons (Fsp3) is 0.500. The van der Waals surface area contributed by atoms with E-state index in [9.17, 15) is 14.4 Å². The number of amides is 4. The molecule has 7 nitrogen and oxygen atoms in total. The molecule has 0 aromatic heterocycles. The first kappa shape index (κ1) is 20.0. The number of benzene rings is 1. The second kappa shape index (κ2) is 10.0. The highest BCUT2D eigenvalue weighted by Gasteiger charge is 2.17. The minimum absolute atomic E-state index is 0.0632. The minimum atomic E-state index is -0.418. The monoisotopic (exact) mass is 380 g/mol. The molecule has 1 aliphatic heterocycles. The van der Waals surface area contributed by atoms with Crippen LogP contribution in [0.1, 0.15) is 43.0 Å². The van der Waals surface area contributed by atoms with Gasteiger partial charge in [-0.25, -0.2) is 4.79 Å². The minimum Gasteiger partial charge on any atom is -0.352 e. The van der Waals surface area contributed by atoms with E-state index >= 15 is 0 Å². The van der Waals surface area contributed by atoms with Crippen molar-refractivity contribution < 1.29 is 14.4 Å². The van der Waals surface area contributed by atoms with Gasteiger partial charge in [-0.2, -0.15) is 0 Å². The largest absolute Gasteiger partial charge is 0.352 e. The number of likely N-dealkylation sites (tertiary alicyclic amines) is 1. The number of carbonyl (C=O) groups is 3. The van der Waals surface area contributed by atoms with Crippen molar-refractivity contribution in [3.8, 4) is 0 Å². The van der Waals surface area contributed by atoms with Crippen molar-refractivity contribution in [1.29, 1.82) is 0 Å². The van der Waals surface area contributed by atoms with Crippen LogP contribution >= 0.6 is 11.6 Å². The molecule has 4 amide bonds. The molecule has 1 heterocycles. The topological polar surface area (TPSA) is 90.5 Å². The van der Waals surface area contributed by atoms with E-state index < -0.39 is 6.03 Å². The van der Waals surface area contributed by atoms with Crippen molar-refractivity contribution in [3.05, 3.63) is 28.8 Å². The van der Waals surface area contributed by atoms with Crippen LogP contribution in [-0.4, -0.2) is 48.9 Å². The van der Waals surface area contributed by atoms with Gasteiger partial charge in [0.05, 0.1) is 10.6 Å². The third kappa shape index (κ3) is 5.91. The average Bonchev–Trinajstić information content (AvgIpc) is 3.14. The van der Waals surface area contributed by atoms with E-state index in [1.54, 1.807) is 12.1 Å². The van der Waals surface area contributed by atoms with Crippen LogP contribution in [0.4, 0.5) is 10.5 Å². The summed E-state index contributed by atoms with van der Waals surface area (Å²) in [5, 5.41) is 8.31. The molecule has 1 aliphatic rings. The number of urea groups is 1. The molecule has 0 saturated carbocycles. The van der Waals surface area contributed by atoms with E-state index in [2.05, 4.69) is 16.0 Å². The van der Waals surface area contributed by atoms with Crippen LogP contribution in [0.5, 0.6) is 0 Å². The van der Waals surface area contributed by atoms with Crippen molar-refractivity contribution >= 4 is 35.1 Å². The quantitative estimate of drug-likeness (QED) is 0.679. The standard InChI is InChI=1S/C18H25ClN4O3/c1-2-8-20-17(25)14-6-5-13(12-15(14)19)22-18(26)21-9-7-16(24)23-10-3-4-11-23/h5-6,12H,2-4,7-11H2,1H3,(H,20,25)(H2,21,22,26). The van der Waals surface area contributed by atoms with Gasteiger partial charge in [-0.1, -0.05) is 18.5 Å². The first-order valence-electron chi connectivity index (χ1n) is 8.91. The van der Waals surface area contributed by atoms with Gasteiger partial charge >= 0.3 is 6.03 Å². The zero-order chi connectivity index (χ0) is 18.9. The number of carbonyl (C=O) groups excluding carboxylic acids is 3. The normalized spacial score (nSPS) is 13.4. The lowest BCUT2D eigenvalue weighted by molar-refractivity contribution is -0.129. The maximum Gasteiger partial charge on any atom is 0.319 e. The molecule has 26 heavy (non-hydrogen) atoms. The van der Waals surface area contributed by atoms with E-state index in [0.717, 1.165) is 32.4 Å². The number of rotatable bonds is 7. The first-order chi connectivity index (χ1) is 12.5. The molecular weight excluding hydrogens is 356 g/mol. The summed E-state index contributed by atoms with van der Waals surface area (Å²) in [5.41, 5.74) is 0.840. The Balaban J connectivity index is 1.78. The number of hydrogen-bond acceptors (Lipinski definition) is 3. The Morgan fingerprint density at radius 3 is 2.50 bits per heavy atom. The van der Waals surface area contributed by atoms with Crippen LogP contribution < -0.4 is 16.0 Å². The Kier molecular flexibility index (Phi) is 7.72. The molecule has 1 saturated heterocycles. The van der Waals surface area contributed by atoms with Crippen molar-refractivity contribution in [2.75, 3.05) is 31.5 Å². The van der Waals surface area contributed by atoms with Gasteiger partial charge in [0.15, 0.2) is 0 Å². The molecule has 0 spiro atoms. The number of hydrogen-bond donors (Lipinski definition) is 3. The Bertz CT molecular complexity index is 660. The number of nitrogens with one attached hydrogen (secondary N) is 3. The summed E-state index contributed by atoms with van der Waals surface area (Å²) >= 11 is 6.12. The van der Waals surface area contributed by atoms with Crippen LogP contribution in [0.2, 0.25) is 5.02 Å². The summed E-state index contributed by atoms with van der Waals surface area (Å²) < 4.78 is 0. The Morgan fingerprint density at radius 2 is 1.85 bits per heavy atom. The van der Waals surface area contributed by atoms with E-state index in [4.69, 9.17) is 11.6 Å². The van der Waals surface area contributed by atoms with Gasteiger partial charge < -0.3 is 20.9 Å². The van der Waals surface area contributed by atoms with Gasteiger partial charge in [-0.15, -0.1) is 0 Å². The molecule has 0 bridgehead atoms. The van der Waals surface area contributed by atoms with Crippen LogP contribution in [0, 0.1) is 0 Å². The Hall–Kier alpha value is -2.28. The van der Waals surface area contributed by atoms with E-state index in [1.165, 1.54) is 6.07 Å². The SMILES string of the molecule is CCCNC(=O)c1ccc(NC(=O)NCCC(=O)N2CCCC2)cc1Cl. The molecule has 1 aromatic carbocycles. The van der Waals surface area contributed by atoms with E-state index in [1.807, 2.05) is 11.8 Å². The predicted molar refractivity (Wildman–Crippen MR) is 102 cm³/mol. The Morgan fingerprint density at radius 1 is 1.12 bits per heavy atom. The molecule has 2 rings (SSSR count). The third-order valence-corrected chi connectivity index (χ3v) is 4.40. The summed E-state index contributed by atoms with van der Waals surface area (Å²) in [6.07, 6.45) is 3.22. The highest BCUT2D eigenvalue weighted by molar-refractivity contribution is 6.34. The average molecular weight is 381 g/mol. The van der Waals surface area contributed by atoms with Gasteiger partial charge in [0, 0.05) is 38.3 Å². The highest BCUT2D eigenvalue weighted by Crippen LogP contribution is 2.21. The maximum absolute atomic E-state index is 11.9. The summed E-state index contributed by atoms with van der Waals surface area (Å²) in [6, 6.07) is 4.29. The molecule has 1 fully saturated rings. The molecule has 8 heteroatoms. The molecule has 0 unspecified atom stereocenters. The molecule has 1 aromatic rings. The third-order valence-electron chi connectivity index (χ3n) is 4.09. The van der Waals surface area contributed by atoms with Gasteiger partial charge in [0.1, 0.15) is 0 Å². The molecule has 0 atom stereocenters. The van der Waals surface area contributed by atoms with Crippen LogP contribution in [0.15, 0.2) is 18.2 Å². The van der Waals surface area contributed by atoms with E-state index in [0.29, 0.717) is 17.8 Å². The van der Waals surface area contributed by atoms with Crippen LogP contribution in [0.3, 0.4) is 0 Å². The highest BCUT2D eigenvalue weighted by atomic mass is 35.5. The number of halogens is 1. The maximum atomic E-state index is 11.9. The molecule has 142 valence electrons. The fourth-order valence-electron chi connectivity index (χ4n) is 2.69. The smallest absolute Gasteiger partial charge is 0.319 e. The molecule has 0 aliphatic carbocycles. The lowest BCUT2D eigenvalue weighted by Crippen LogP contribution is -2.34. The van der Waals surface area contributed by atoms with Crippen molar-refractivity contribution in [2.24, 2.45) is 0 Å². The fourth-order valence-corrected chi connectivity index (χ4v) is 2.96.